The van der Waals surface area contributed by atoms with Crippen LogP contribution in [0.1, 0.15) is 27.2 Å². The predicted octanol–water partition coefficient (Wildman–Crippen LogP) is 1.68. The molecule has 0 aromatic rings. The number of nitrogens with zero attached hydrogens (tertiary/aromatic N) is 3. The molecule has 1 rings (SSSR count). The van der Waals surface area contributed by atoms with Crippen molar-refractivity contribution in [3.63, 3.8) is 0 Å². The Labute approximate surface area is 127 Å². The summed E-state index contributed by atoms with van der Waals surface area (Å²) < 4.78 is 0. The predicted molar refractivity (Wildman–Crippen MR) is 86.1 cm³/mol. The number of carbonyl (C=O) groups excluding carboxylic acids is 1. The minimum absolute atomic E-state index is 0.0788. The van der Waals surface area contributed by atoms with E-state index in [0.717, 1.165) is 19.5 Å². The van der Waals surface area contributed by atoms with Crippen molar-refractivity contribution in [2.75, 3.05) is 40.3 Å². The lowest BCUT2D eigenvalue weighted by Crippen LogP contribution is -2.33. The molecule has 6 heteroatoms. The maximum atomic E-state index is 11.9. The monoisotopic (exact) mass is 302 g/mol. The van der Waals surface area contributed by atoms with E-state index in [1.54, 1.807) is 7.05 Å². The van der Waals surface area contributed by atoms with Crippen molar-refractivity contribution in [2.45, 2.75) is 27.2 Å². The van der Waals surface area contributed by atoms with E-state index >= 15 is 0 Å². The van der Waals surface area contributed by atoms with Gasteiger partial charge in [0.25, 0.3) is 5.91 Å². The molecule has 0 fully saturated rings. The smallest absolute Gasteiger partial charge is 0.271 e. The molecule has 0 aromatic carbocycles. The lowest BCUT2D eigenvalue weighted by atomic mass is 10.2. The van der Waals surface area contributed by atoms with Crippen LogP contribution in [0.4, 0.5) is 0 Å². The molecular formula is C14H27ClN4O. The van der Waals surface area contributed by atoms with Crippen molar-refractivity contribution in [2.24, 2.45) is 10.7 Å². The van der Waals surface area contributed by atoms with Gasteiger partial charge in [0.15, 0.2) is 0 Å². The third-order valence-corrected chi connectivity index (χ3v) is 3.38. The zero-order chi connectivity index (χ0) is 15.7. The third kappa shape index (κ3) is 5.51. The van der Waals surface area contributed by atoms with E-state index in [9.17, 15) is 4.79 Å². The van der Waals surface area contributed by atoms with Gasteiger partial charge in [-0.3, -0.25) is 9.79 Å². The fourth-order valence-electron chi connectivity index (χ4n) is 1.68. The van der Waals surface area contributed by atoms with Crippen LogP contribution in [0.5, 0.6) is 0 Å². The molecule has 116 valence electrons. The minimum Gasteiger partial charge on any atom is -0.393 e. The van der Waals surface area contributed by atoms with Crippen LogP contribution in [0.25, 0.3) is 0 Å². The van der Waals surface area contributed by atoms with Gasteiger partial charge >= 0.3 is 0 Å². The van der Waals surface area contributed by atoms with E-state index in [2.05, 4.69) is 9.89 Å². The molecule has 1 aliphatic heterocycles. The minimum atomic E-state index is -0.253. The van der Waals surface area contributed by atoms with Gasteiger partial charge in [-0.15, -0.1) is 0 Å². The number of halogens is 1. The molecule has 0 saturated heterocycles. The van der Waals surface area contributed by atoms with Crippen molar-refractivity contribution < 1.29 is 4.79 Å². The first-order chi connectivity index (χ1) is 9.47. The molecule has 20 heavy (non-hydrogen) atoms. The fraction of sp³-hybridized carbons (Fsp3) is 0.714. The van der Waals surface area contributed by atoms with Gasteiger partial charge in [0.2, 0.25) is 0 Å². The number of hydrogen-bond donors (Lipinski definition) is 1. The van der Waals surface area contributed by atoms with Gasteiger partial charge in [0.05, 0.1) is 10.7 Å². The van der Waals surface area contributed by atoms with Crippen LogP contribution in [0.3, 0.4) is 0 Å². The highest BCUT2D eigenvalue weighted by Crippen LogP contribution is 2.13. The molecule has 0 spiro atoms. The highest BCUT2D eigenvalue weighted by molar-refractivity contribution is 6.45. The molecule has 0 radical (unpaired) electrons. The van der Waals surface area contributed by atoms with E-state index in [-0.39, 0.29) is 16.6 Å². The number of amides is 1. The summed E-state index contributed by atoms with van der Waals surface area (Å²) in [6.07, 6.45) is 0.993. The zero-order valence-electron chi connectivity index (χ0n) is 13.2. The molecule has 0 bridgehead atoms. The van der Waals surface area contributed by atoms with E-state index in [0.29, 0.717) is 18.8 Å². The number of rotatable bonds is 3. The van der Waals surface area contributed by atoms with Gasteiger partial charge in [-0.2, -0.15) is 0 Å². The summed E-state index contributed by atoms with van der Waals surface area (Å²) in [5.74, 6) is -0.253. The molecule has 0 aromatic heterocycles. The van der Waals surface area contributed by atoms with Crippen LogP contribution in [0, 0.1) is 0 Å². The summed E-state index contributed by atoms with van der Waals surface area (Å²) in [6.45, 7) is 8.80. The third-order valence-electron chi connectivity index (χ3n) is 2.96. The van der Waals surface area contributed by atoms with E-state index in [4.69, 9.17) is 17.3 Å². The Hall–Kier alpha value is -1.07. The number of aliphatic imine (C=N–C) groups is 1. The van der Waals surface area contributed by atoms with Gasteiger partial charge in [-0.05, 0) is 20.4 Å². The van der Waals surface area contributed by atoms with E-state index in [1.165, 1.54) is 4.90 Å². The largest absolute Gasteiger partial charge is 0.393 e. The van der Waals surface area contributed by atoms with Gasteiger partial charge in [-0.25, -0.2) is 0 Å². The second-order valence-corrected chi connectivity index (χ2v) is 4.84. The van der Waals surface area contributed by atoms with Gasteiger partial charge in [0.1, 0.15) is 5.70 Å². The number of likely N-dealkylation sites (N-methyl/N-ethyl adjacent to an activating group) is 1. The van der Waals surface area contributed by atoms with Crippen molar-refractivity contribution in [1.29, 1.82) is 0 Å². The average molecular weight is 303 g/mol. The highest BCUT2D eigenvalue weighted by Gasteiger charge is 2.19. The Morgan fingerprint density at radius 3 is 2.65 bits per heavy atom. The fourth-order valence-corrected chi connectivity index (χ4v) is 1.88. The highest BCUT2D eigenvalue weighted by atomic mass is 35.5. The molecule has 0 aliphatic carbocycles. The summed E-state index contributed by atoms with van der Waals surface area (Å²) >= 11 is 6.19. The first-order valence-electron chi connectivity index (χ1n) is 7.10. The van der Waals surface area contributed by atoms with Crippen LogP contribution >= 0.6 is 11.6 Å². The Balaban J connectivity index is 0.00000172. The molecule has 5 nitrogen and oxygen atoms in total. The molecule has 0 unspecified atom stereocenters. The molecule has 0 atom stereocenters. The summed E-state index contributed by atoms with van der Waals surface area (Å²) in [4.78, 5) is 20.0. The Kier molecular flexibility index (Phi) is 9.25. The van der Waals surface area contributed by atoms with Crippen molar-refractivity contribution in [3.05, 3.63) is 10.7 Å². The molecule has 1 amide bonds. The molecule has 2 N–H and O–H groups in total. The Bertz CT molecular complexity index is 379. The van der Waals surface area contributed by atoms with Crippen LogP contribution in [-0.2, 0) is 4.79 Å². The summed E-state index contributed by atoms with van der Waals surface area (Å²) in [6, 6.07) is 0. The molecular weight excluding hydrogens is 276 g/mol. The normalized spacial score (nSPS) is 17.2. The van der Waals surface area contributed by atoms with Crippen molar-refractivity contribution in [1.82, 2.24) is 9.80 Å². The Morgan fingerprint density at radius 2 is 2.10 bits per heavy atom. The zero-order valence-corrected chi connectivity index (χ0v) is 14.0. The van der Waals surface area contributed by atoms with E-state index in [1.807, 2.05) is 27.8 Å². The molecule has 1 aliphatic rings. The van der Waals surface area contributed by atoms with E-state index < -0.39 is 0 Å². The number of carbonyl (C=O) groups is 1. The van der Waals surface area contributed by atoms with Crippen molar-refractivity contribution >= 4 is 23.2 Å². The van der Waals surface area contributed by atoms with Crippen molar-refractivity contribution in [3.8, 4) is 0 Å². The van der Waals surface area contributed by atoms with Gasteiger partial charge < -0.3 is 15.5 Å². The number of nitrogens with two attached hydrogens (primary N) is 1. The standard InChI is InChI=1S/C12H21ClN4O.C2H6/c1-4-17(3)12(18)11(14)10(13)9-8-16(2)7-5-6-15-9;1-2/h4-8,14H2,1-3H3;1-2H3/b11-10+;. The lowest BCUT2D eigenvalue weighted by Gasteiger charge is -2.17. The molecule has 1 heterocycles. The van der Waals surface area contributed by atoms with Crippen LogP contribution < -0.4 is 5.73 Å². The quantitative estimate of drug-likeness (QED) is 0.807. The maximum Gasteiger partial charge on any atom is 0.271 e. The lowest BCUT2D eigenvalue weighted by molar-refractivity contribution is -0.125. The number of hydrogen-bond acceptors (Lipinski definition) is 4. The van der Waals surface area contributed by atoms with Gasteiger partial charge in [0, 0.05) is 33.2 Å². The van der Waals surface area contributed by atoms with Crippen LogP contribution in [0.2, 0.25) is 0 Å². The summed E-state index contributed by atoms with van der Waals surface area (Å²) in [5, 5.41) is 0.286. The summed E-state index contributed by atoms with van der Waals surface area (Å²) in [5.41, 5.74) is 6.60. The van der Waals surface area contributed by atoms with Crippen LogP contribution in [0.15, 0.2) is 15.7 Å². The second-order valence-electron chi connectivity index (χ2n) is 4.47. The van der Waals surface area contributed by atoms with Gasteiger partial charge in [-0.1, -0.05) is 25.4 Å². The first-order valence-corrected chi connectivity index (χ1v) is 7.48. The molecule has 0 saturated carbocycles. The second kappa shape index (κ2) is 9.77. The SMILES string of the molecule is CC.CCN(C)C(=O)/C(N)=C(\Cl)C1=NCCCN(C)C1. The average Bonchev–Trinajstić information content (AvgIpc) is 2.70. The Morgan fingerprint density at radius 1 is 1.50 bits per heavy atom. The van der Waals surface area contributed by atoms with Crippen LogP contribution in [-0.4, -0.2) is 61.7 Å². The maximum absolute atomic E-state index is 11.9. The topological polar surface area (TPSA) is 61.9 Å². The first kappa shape index (κ1) is 18.9. The summed E-state index contributed by atoms with van der Waals surface area (Å²) in [7, 11) is 3.70.